The van der Waals surface area contributed by atoms with Crippen LogP contribution in [0.4, 0.5) is 0 Å². The number of benzene rings is 1. The minimum atomic E-state index is 0.0514. The molecule has 2 rings (SSSR count). The van der Waals surface area contributed by atoms with Gasteiger partial charge in [0, 0.05) is 18.3 Å². The van der Waals surface area contributed by atoms with Gasteiger partial charge >= 0.3 is 0 Å². The molecule has 0 amide bonds. The fourth-order valence-corrected chi connectivity index (χ4v) is 1.83. The SMILES string of the molecule is [B]Cc1ccc(-c2cccn(CC)c2=O)cc1. The number of aromatic nitrogens is 1. The van der Waals surface area contributed by atoms with Crippen molar-refractivity contribution < 1.29 is 0 Å². The van der Waals surface area contributed by atoms with E-state index in [0.29, 0.717) is 12.9 Å². The van der Waals surface area contributed by atoms with Gasteiger partial charge in [0.1, 0.15) is 0 Å². The highest BCUT2D eigenvalue weighted by atomic mass is 16.1. The van der Waals surface area contributed by atoms with E-state index in [-0.39, 0.29) is 5.56 Å². The minimum absolute atomic E-state index is 0.0514. The molecule has 0 spiro atoms. The Bertz CT molecular complexity index is 557. The topological polar surface area (TPSA) is 22.0 Å². The second-order valence-corrected chi connectivity index (χ2v) is 3.91. The third-order valence-corrected chi connectivity index (χ3v) is 2.86. The third kappa shape index (κ3) is 2.33. The highest BCUT2D eigenvalue weighted by molar-refractivity contribution is 6.08. The molecule has 1 heterocycles. The van der Waals surface area contributed by atoms with Crippen LogP contribution >= 0.6 is 0 Å². The predicted molar refractivity (Wildman–Crippen MR) is 71.3 cm³/mol. The van der Waals surface area contributed by atoms with Crippen LogP contribution in [0.25, 0.3) is 11.1 Å². The average Bonchev–Trinajstić information content (AvgIpc) is 2.39. The van der Waals surface area contributed by atoms with Gasteiger partial charge in [-0.25, -0.2) is 0 Å². The normalized spacial score (nSPS) is 10.4. The molecule has 3 heteroatoms. The number of pyridine rings is 1. The molecular weight excluding hydrogens is 209 g/mol. The van der Waals surface area contributed by atoms with Gasteiger partial charge in [0.2, 0.25) is 0 Å². The zero-order valence-electron chi connectivity index (χ0n) is 9.89. The van der Waals surface area contributed by atoms with E-state index in [4.69, 9.17) is 7.85 Å². The summed E-state index contributed by atoms with van der Waals surface area (Å²) in [5.41, 5.74) is 2.80. The molecule has 0 atom stereocenters. The second kappa shape index (κ2) is 5.04. The summed E-state index contributed by atoms with van der Waals surface area (Å²) in [6.45, 7) is 2.65. The molecule has 0 bridgehead atoms. The Morgan fingerprint density at radius 1 is 1.18 bits per heavy atom. The summed E-state index contributed by atoms with van der Waals surface area (Å²) < 4.78 is 1.70. The van der Waals surface area contributed by atoms with E-state index >= 15 is 0 Å². The Morgan fingerprint density at radius 3 is 2.47 bits per heavy atom. The van der Waals surface area contributed by atoms with Gasteiger partial charge in [-0.1, -0.05) is 36.1 Å². The molecule has 0 N–H and O–H groups in total. The van der Waals surface area contributed by atoms with Crippen LogP contribution in [0.1, 0.15) is 12.5 Å². The molecule has 2 nitrogen and oxygen atoms in total. The molecule has 0 aliphatic rings. The average molecular weight is 223 g/mol. The minimum Gasteiger partial charge on any atom is -0.315 e. The maximum absolute atomic E-state index is 12.1. The van der Waals surface area contributed by atoms with Crippen molar-refractivity contribution in [2.75, 3.05) is 0 Å². The van der Waals surface area contributed by atoms with Crippen LogP contribution in [0.15, 0.2) is 47.4 Å². The van der Waals surface area contributed by atoms with Gasteiger partial charge in [-0.05, 0) is 24.6 Å². The first-order valence-electron chi connectivity index (χ1n) is 5.75. The first kappa shape index (κ1) is 11.7. The van der Waals surface area contributed by atoms with Gasteiger partial charge in [0.05, 0.1) is 7.85 Å². The Morgan fingerprint density at radius 2 is 1.88 bits per heavy atom. The summed E-state index contributed by atoms with van der Waals surface area (Å²) >= 11 is 0. The van der Waals surface area contributed by atoms with Crippen LogP contribution in [0.2, 0.25) is 0 Å². The molecule has 0 saturated heterocycles. The first-order chi connectivity index (χ1) is 8.26. The monoisotopic (exact) mass is 223 g/mol. The number of nitrogens with zero attached hydrogens (tertiary/aromatic N) is 1. The van der Waals surface area contributed by atoms with E-state index in [1.807, 2.05) is 43.3 Å². The Balaban J connectivity index is 2.49. The van der Waals surface area contributed by atoms with Crippen LogP contribution in [-0.2, 0) is 12.9 Å². The molecule has 0 aliphatic carbocycles. The maximum atomic E-state index is 12.1. The van der Waals surface area contributed by atoms with Gasteiger partial charge in [-0.15, -0.1) is 0 Å². The lowest BCUT2D eigenvalue weighted by Gasteiger charge is -2.06. The van der Waals surface area contributed by atoms with E-state index in [9.17, 15) is 4.79 Å². The molecule has 0 aliphatic heterocycles. The maximum Gasteiger partial charge on any atom is 0.258 e. The summed E-state index contributed by atoms with van der Waals surface area (Å²) in [4.78, 5) is 12.1. The van der Waals surface area contributed by atoms with Crippen LogP contribution in [0.5, 0.6) is 0 Å². The Labute approximate surface area is 102 Å². The van der Waals surface area contributed by atoms with Crippen molar-refractivity contribution in [3.63, 3.8) is 0 Å². The van der Waals surface area contributed by atoms with Crippen molar-refractivity contribution in [2.24, 2.45) is 0 Å². The number of hydrogen-bond donors (Lipinski definition) is 0. The van der Waals surface area contributed by atoms with Crippen LogP contribution in [0, 0.1) is 0 Å². The highest BCUT2D eigenvalue weighted by Crippen LogP contribution is 2.15. The third-order valence-electron chi connectivity index (χ3n) is 2.86. The lowest BCUT2D eigenvalue weighted by molar-refractivity contribution is 0.729. The van der Waals surface area contributed by atoms with Crippen molar-refractivity contribution in [1.82, 2.24) is 4.57 Å². The molecule has 1 aromatic heterocycles. The van der Waals surface area contributed by atoms with Crippen LogP contribution < -0.4 is 5.56 Å². The molecule has 84 valence electrons. The van der Waals surface area contributed by atoms with Gasteiger partial charge in [-0.3, -0.25) is 4.79 Å². The summed E-state index contributed by atoms with van der Waals surface area (Å²) in [5, 5.41) is 0. The Kier molecular flexibility index (Phi) is 3.47. The van der Waals surface area contributed by atoms with Crippen molar-refractivity contribution in [1.29, 1.82) is 0 Å². The zero-order valence-corrected chi connectivity index (χ0v) is 9.89. The largest absolute Gasteiger partial charge is 0.315 e. The molecule has 2 radical (unpaired) electrons. The van der Waals surface area contributed by atoms with Gasteiger partial charge in [0.15, 0.2) is 0 Å². The lowest BCUT2D eigenvalue weighted by Crippen LogP contribution is -2.19. The van der Waals surface area contributed by atoms with Gasteiger partial charge in [-0.2, -0.15) is 0 Å². The predicted octanol–water partition coefficient (Wildman–Crippen LogP) is 2.20. The Hall–Kier alpha value is -1.77. The van der Waals surface area contributed by atoms with Crippen molar-refractivity contribution in [3.05, 3.63) is 58.5 Å². The molecule has 2 aromatic rings. The number of aryl methyl sites for hydroxylation is 1. The molecular formula is C14H14BNO. The quantitative estimate of drug-likeness (QED) is 0.731. The van der Waals surface area contributed by atoms with Crippen molar-refractivity contribution in [3.8, 4) is 11.1 Å². The van der Waals surface area contributed by atoms with Crippen LogP contribution in [-0.4, -0.2) is 12.4 Å². The van der Waals surface area contributed by atoms with E-state index < -0.39 is 0 Å². The first-order valence-corrected chi connectivity index (χ1v) is 5.75. The van der Waals surface area contributed by atoms with Crippen molar-refractivity contribution >= 4 is 7.85 Å². The summed E-state index contributed by atoms with van der Waals surface area (Å²) in [6.07, 6.45) is 2.33. The second-order valence-electron chi connectivity index (χ2n) is 3.91. The standard InChI is InChI=1S/C14H14BNO/c1-2-16-9-3-4-13(14(16)17)12-7-5-11(10-15)6-8-12/h3-9H,2,10H2,1H3. The fourth-order valence-electron chi connectivity index (χ4n) is 1.83. The van der Waals surface area contributed by atoms with Crippen molar-refractivity contribution in [2.45, 2.75) is 19.8 Å². The van der Waals surface area contributed by atoms with Gasteiger partial charge in [0.25, 0.3) is 5.56 Å². The zero-order chi connectivity index (χ0) is 12.3. The van der Waals surface area contributed by atoms with Crippen LogP contribution in [0.3, 0.4) is 0 Å². The summed E-state index contributed by atoms with van der Waals surface area (Å²) in [7, 11) is 5.55. The number of rotatable bonds is 3. The lowest BCUT2D eigenvalue weighted by atomic mass is 9.95. The van der Waals surface area contributed by atoms with E-state index in [2.05, 4.69) is 0 Å². The molecule has 0 unspecified atom stereocenters. The summed E-state index contributed by atoms with van der Waals surface area (Å²) in [5.74, 6) is 0. The highest BCUT2D eigenvalue weighted by Gasteiger charge is 2.04. The van der Waals surface area contributed by atoms with E-state index in [1.54, 1.807) is 10.8 Å². The molecule has 17 heavy (non-hydrogen) atoms. The fraction of sp³-hybridized carbons (Fsp3) is 0.214. The smallest absolute Gasteiger partial charge is 0.258 e. The van der Waals surface area contributed by atoms with E-state index in [0.717, 1.165) is 16.7 Å². The van der Waals surface area contributed by atoms with E-state index in [1.165, 1.54) is 0 Å². The number of hydrogen-bond acceptors (Lipinski definition) is 1. The van der Waals surface area contributed by atoms with Gasteiger partial charge < -0.3 is 4.57 Å². The summed E-state index contributed by atoms with van der Waals surface area (Å²) in [6, 6.07) is 11.6. The molecule has 1 aromatic carbocycles. The molecule has 0 fully saturated rings. The molecule has 0 saturated carbocycles.